The first-order valence-electron chi connectivity index (χ1n) is 6.05. The van der Waals surface area contributed by atoms with Crippen molar-refractivity contribution in [2.75, 3.05) is 11.9 Å². The van der Waals surface area contributed by atoms with Crippen LogP contribution in [0.15, 0.2) is 0 Å². The van der Waals surface area contributed by atoms with E-state index in [1.165, 1.54) is 0 Å². The molecule has 2 rings (SSSR count). The van der Waals surface area contributed by atoms with Gasteiger partial charge in [-0.05, 0) is 20.8 Å². The van der Waals surface area contributed by atoms with Crippen LogP contribution < -0.4 is 11.1 Å². The normalized spacial score (nSPS) is 10.9. The molecule has 7 heteroatoms. The van der Waals surface area contributed by atoms with Crippen LogP contribution >= 0.6 is 11.3 Å². The van der Waals surface area contributed by atoms with Gasteiger partial charge in [0.15, 0.2) is 5.82 Å². The van der Waals surface area contributed by atoms with Gasteiger partial charge in [0.25, 0.3) is 0 Å². The first-order valence-corrected chi connectivity index (χ1v) is 6.86. The number of thiazole rings is 1. The second-order valence-electron chi connectivity index (χ2n) is 3.85. The maximum absolute atomic E-state index is 5.63. The molecule has 2 aromatic heterocycles. The van der Waals surface area contributed by atoms with Crippen LogP contribution in [0.1, 0.15) is 24.5 Å². The fourth-order valence-electron chi connectivity index (χ4n) is 1.81. The fourth-order valence-corrected chi connectivity index (χ4v) is 2.74. The Bertz CT molecular complexity index is 530. The van der Waals surface area contributed by atoms with Crippen molar-refractivity contribution in [3.05, 3.63) is 10.7 Å². The third-order valence-corrected chi connectivity index (χ3v) is 3.80. The summed E-state index contributed by atoms with van der Waals surface area (Å²) >= 11 is 1.59. The van der Waals surface area contributed by atoms with Gasteiger partial charge in [-0.25, -0.2) is 4.98 Å². The zero-order valence-corrected chi connectivity index (χ0v) is 11.7. The highest BCUT2D eigenvalue weighted by atomic mass is 32.1. The quantitative estimate of drug-likeness (QED) is 0.859. The minimum absolute atomic E-state index is 0.464. The summed E-state index contributed by atoms with van der Waals surface area (Å²) < 4.78 is 2.06. The molecule has 0 aromatic carbocycles. The number of nitrogens with two attached hydrogens (primary N) is 1. The average Bonchev–Trinajstić information content (AvgIpc) is 2.92. The third kappa shape index (κ3) is 2.23. The fraction of sp³-hybridized carbons (Fsp3) is 0.545. The highest BCUT2D eigenvalue weighted by Gasteiger charge is 2.17. The van der Waals surface area contributed by atoms with Crippen molar-refractivity contribution in [3.8, 4) is 10.7 Å². The molecule has 0 aliphatic rings. The molecule has 0 amide bonds. The lowest BCUT2D eigenvalue weighted by atomic mass is 10.3. The Morgan fingerprint density at radius 2 is 2.11 bits per heavy atom. The SMILES string of the molecule is CCNc1nnc(-c2sc(CN)nc2C)n1CC. The summed E-state index contributed by atoms with van der Waals surface area (Å²) in [6.45, 7) is 8.21. The van der Waals surface area contributed by atoms with Gasteiger partial charge in [0.05, 0.1) is 10.6 Å². The van der Waals surface area contributed by atoms with E-state index >= 15 is 0 Å². The van der Waals surface area contributed by atoms with Crippen LogP contribution in [-0.4, -0.2) is 26.3 Å². The lowest BCUT2D eigenvalue weighted by Gasteiger charge is -2.06. The van der Waals surface area contributed by atoms with Gasteiger partial charge in [0, 0.05) is 19.6 Å². The zero-order chi connectivity index (χ0) is 13.1. The summed E-state index contributed by atoms with van der Waals surface area (Å²) in [6.07, 6.45) is 0. The number of aromatic nitrogens is 4. The highest BCUT2D eigenvalue weighted by Crippen LogP contribution is 2.29. The number of anilines is 1. The molecule has 2 aromatic rings. The molecule has 0 atom stereocenters. The Morgan fingerprint density at radius 1 is 1.33 bits per heavy atom. The molecule has 0 bridgehead atoms. The van der Waals surface area contributed by atoms with Crippen molar-refractivity contribution >= 4 is 17.3 Å². The van der Waals surface area contributed by atoms with Crippen LogP contribution in [0.4, 0.5) is 5.95 Å². The smallest absolute Gasteiger partial charge is 0.224 e. The van der Waals surface area contributed by atoms with Gasteiger partial charge in [-0.2, -0.15) is 0 Å². The number of hydrogen-bond acceptors (Lipinski definition) is 6. The van der Waals surface area contributed by atoms with Crippen LogP contribution in [-0.2, 0) is 13.1 Å². The molecular formula is C11H18N6S. The predicted molar refractivity (Wildman–Crippen MR) is 73.6 cm³/mol. The predicted octanol–water partition coefficient (Wildman–Crippen LogP) is 1.62. The molecule has 0 aliphatic heterocycles. The summed E-state index contributed by atoms with van der Waals surface area (Å²) in [7, 11) is 0. The summed E-state index contributed by atoms with van der Waals surface area (Å²) in [6, 6.07) is 0. The minimum Gasteiger partial charge on any atom is -0.355 e. The third-order valence-electron chi connectivity index (χ3n) is 2.62. The number of hydrogen-bond donors (Lipinski definition) is 2. The second kappa shape index (κ2) is 5.45. The van der Waals surface area contributed by atoms with Gasteiger partial charge in [-0.1, -0.05) is 0 Å². The highest BCUT2D eigenvalue weighted by molar-refractivity contribution is 7.15. The molecule has 0 radical (unpaired) electrons. The van der Waals surface area contributed by atoms with Gasteiger partial charge in [-0.3, -0.25) is 4.57 Å². The largest absolute Gasteiger partial charge is 0.355 e. The molecule has 0 fully saturated rings. The van der Waals surface area contributed by atoms with Crippen LogP contribution in [0.25, 0.3) is 10.7 Å². The maximum Gasteiger partial charge on any atom is 0.224 e. The summed E-state index contributed by atoms with van der Waals surface area (Å²) in [5.41, 5.74) is 6.59. The van der Waals surface area contributed by atoms with Crippen LogP contribution in [0, 0.1) is 6.92 Å². The van der Waals surface area contributed by atoms with E-state index in [0.29, 0.717) is 6.54 Å². The van der Waals surface area contributed by atoms with E-state index in [-0.39, 0.29) is 0 Å². The van der Waals surface area contributed by atoms with E-state index in [9.17, 15) is 0 Å². The molecule has 18 heavy (non-hydrogen) atoms. The van der Waals surface area contributed by atoms with Gasteiger partial charge in [0.2, 0.25) is 5.95 Å². The van der Waals surface area contributed by atoms with E-state index in [1.54, 1.807) is 11.3 Å². The minimum atomic E-state index is 0.464. The van der Waals surface area contributed by atoms with Crippen LogP contribution in [0.5, 0.6) is 0 Å². The monoisotopic (exact) mass is 266 g/mol. The first-order chi connectivity index (χ1) is 8.71. The van der Waals surface area contributed by atoms with Crippen LogP contribution in [0.2, 0.25) is 0 Å². The lowest BCUT2D eigenvalue weighted by Crippen LogP contribution is -2.06. The van der Waals surface area contributed by atoms with E-state index in [4.69, 9.17) is 5.73 Å². The Kier molecular flexibility index (Phi) is 3.93. The summed E-state index contributed by atoms with van der Waals surface area (Å²) in [4.78, 5) is 5.48. The van der Waals surface area contributed by atoms with Crippen molar-refractivity contribution in [2.45, 2.75) is 33.9 Å². The van der Waals surface area contributed by atoms with E-state index in [1.807, 2.05) is 13.8 Å². The molecule has 0 saturated carbocycles. The molecule has 6 nitrogen and oxygen atoms in total. The Morgan fingerprint density at radius 3 is 2.67 bits per heavy atom. The Balaban J connectivity index is 2.46. The Hall–Kier alpha value is -1.47. The van der Waals surface area contributed by atoms with Crippen molar-refractivity contribution in [2.24, 2.45) is 5.73 Å². The second-order valence-corrected chi connectivity index (χ2v) is 4.93. The van der Waals surface area contributed by atoms with Gasteiger partial charge in [-0.15, -0.1) is 21.5 Å². The molecule has 98 valence electrons. The molecule has 0 spiro atoms. The number of nitrogens with zero attached hydrogens (tertiary/aromatic N) is 4. The van der Waals surface area contributed by atoms with E-state index in [0.717, 1.165) is 40.4 Å². The molecule has 0 unspecified atom stereocenters. The standard InChI is InChI=1S/C11H18N6S/c1-4-13-11-16-15-10(17(11)5-2)9-7(3)14-8(6-12)18-9/h4-6,12H2,1-3H3,(H,13,16). The first kappa shape index (κ1) is 13.0. The number of aryl methyl sites for hydroxylation is 1. The molecule has 0 saturated heterocycles. The van der Waals surface area contributed by atoms with Gasteiger partial charge >= 0.3 is 0 Å². The zero-order valence-electron chi connectivity index (χ0n) is 10.9. The molecular weight excluding hydrogens is 248 g/mol. The van der Waals surface area contributed by atoms with Gasteiger partial charge in [0.1, 0.15) is 5.01 Å². The summed E-state index contributed by atoms with van der Waals surface area (Å²) in [5.74, 6) is 1.67. The Labute approximate surface area is 110 Å². The lowest BCUT2D eigenvalue weighted by molar-refractivity contribution is 0.771. The maximum atomic E-state index is 5.63. The van der Waals surface area contributed by atoms with E-state index in [2.05, 4.69) is 32.0 Å². The number of rotatable bonds is 5. The molecule has 2 heterocycles. The molecule has 3 N–H and O–H groups in total. The topological polar surface area (TPSA) is 81.7 Å². The molecule has 0 aliphatic carbocycles. The van der Waals surface area contributed by atoms with E-state index < -0.39 is 0 Å². The van der Waals surface area contributed by atoms with Gasteiger partial charge < -0.3 is 11.1 Å². The average molecular weight is 266 g/mol. The van der Waals surface area contributed by atoms with Crippen LogP contribution in [0.3, 0.4) is 0 Å². The van der Waals surface area contributed by atoms with Crippen molar-refractivity contribution in [1.29, 1.82) is 0 Å². The van der Waals surface area contributed by atoms with Crippen molar-refractivity contribution < 1.29 is 0 Å². The summed E-state index contributed by atoms with van der Waals surface area (Å²) in [5, 5.41) is 12.6. The number of nitrogens with one attached hydrogen (secondary N) is 1. The van der Waals surface area contributed by atoms with Crippen molar-refractivity contribution in [3.63, 3.8) is 0 Å². The van der Waals surface area contributed by atoms with Crippen molar-refractivity contribution in [1.82, 2.24) is 19.7 Å².